The van der Waals surface area contributed by atoms with Crippen LogP contribution in [0.5, 0.6) is 0 Å². The molecule has 0 aliphatic heterocycles. The zero-order valence-corrected chi connectivity index (χ0v) is 13.2. The molecule has 0 aliphatic rings. The Hall–Kier alpha value is -2.56. The van der Waals surface area contributed by atoms with Gasteiger partial charge in [-0.05, 0) is 45.9 Å². The van der Waals surface area contributed by atoms with Gasteiger partial charge in [0.1, 0.15) is 0 Å². The van der Waals surface area contributed by atoms with Crippen LogP contribution in [0, 0.1) is 20.8 Å². The van der Waals surface area contributed by atoms with Gasteiger partial charge < -0.3 is 15.0 Å². The fraction of sp³-hybridized carbons (Fsp3) is 0.294. The summed E-state index contributed by atoms with van der Waals surface area (Å²) in [6.07, 6.45) is -0.949. The van der Waals surface area contributed by atoms with Crippen LogP contribution in [0.25, 0.3) is 5.69 Å². The standard InChI is InChI=1S/C17H20N2O3/c1-10-5-7-14(8-6-10)19-11(2)9-15(12(19)3)17(21)22-13(4)16(18)20/h5-9,13H,1-4H3,(H2,18,20). The molecule has 0 bridgehead atoms. The van der Waals surface area contributed by atoms with Crippen LogP contribution in [0.15, 0.2) is 30.3 Å². The topological polar surface area (TPSA) is 74.3 Å². The van der Waals surface area contributed by atoms with Crippen LogP contribution in [-0.4, -0.2) is 22.5 Å². The lowest BCUT2D eigenvalue weighted by Crippen LogP contribution is -2.30. The number of aryl methyl sites for hydroxylation is 2. The Balaban J connectivity index is 2.37. The van der Waals surface area contributed by atoms with Crippen LogP contribution < -0.4 is 5.73 Å². The number of hydrogen-bond donors (Lipinski definition) is 1. The smallest absolute Gasteiger partial charge is 0.340 e. The lowest BCUT2D eigenvalue weighted by Gasteiger charge is -2.11. The Morgan fingerprint density at radius 1 is 1.14 bits per heavy atom. The third kappa shape index (κ3) is 3.03. The summed E-state index contributed by atoms with van der Waals surface area (Å²) in [6.45, 7) is 7.24. The van der Waals surface area contributed by atoms with Crippen LogP contribution in [0.4, 0.5) is 0 Å². The van der Waals surface area contributed by atoms with Gasteiger partial charge in [0.15, 0.2) is 6.10 Å². The number of aromatic nitrogens is 1. The Kier molecular flexibility index (Phi) is 4.35. The second-order valence-corrected chi connectivity index (χ2v) is 5.41. The van der Waals surface area contributed by atoms with Gasteiger partial charge in [0.2, 0.25) is 0 Å². The average Bonchev–Trinajstić information content (AvgIpc) is 2.75. The first-order valence-electron chi connectivity index (χ1n) is 7.07. The van der Waals surface area contributed by atoms with Crippen LogP contribution in [0.3, 0.4) is 0 Å². The van der Waals surface area contributed by atoms with Crippen molar-refractivity contribution in [1.82, 2.24) is 4.57 Å². The molecule has 0 spiro atoms. The van der Waals surface area contributed by atoms with Crippen molar-refractivity contribution in [1.29, 1.82) is 0 Å². The summed E-state index contributed by atoms with van der Waals surface area (Å²) >= 11 is 0. The Morgan fingerprint density at radius 2 is 1.73 bits per heavy atom. The van der Waals surface area contributed by atoms with E-state index >= 15 is 0 Å². The molecule has 1 heterocycles. The number of esters is 1. The largest absolute Gasteiger partial charge is 0.449 e. The molecular formula is C17H20N2O3. The first kappa shape index (κ1) is 15.8. The molecule has 22 heavy (non-hydrogen) atoms. The minimum Gasteiger partial charge on any atom is -0.449 e. The van der Waals surface area contributed by atoms with Gasteiger partial charge in [0.05, 0.1) is 5.56 Å². The molecule has 1 atom stereocenters. The number of ether oxygens (including phenoxy) is 1. The predicted molar refractivity (Wildman–Crippen MR) is 84.1 cm³/mol. The zero-order valence-electron chi connectivity index (χ0n) is 13.2. The number of hydrogen-bond acceptors (Lipinski definition) is 3. The van der Waals surface area contributed by atoms with Crippen molar-refractivity contribution in [2.75, 3.05) is 0 Å². The maximum absolute atomic E-state index is 12.2. The van der Waals surface area contributed by atoms with E-state index in [2.05, 4.69) is 0 Å². The molecule has 5 heteroatoms. The van der Waals surface area contributed by atoms with Crippen LogP contribution in [-0.2, 0) is 9.53 Å². The Labute approximate surface area is 129 Å². The molecule has 1 amide bonds. The summed E-state index contributed by atoms with van der Waals surface area (Å²) in [6, 6.07) is 9.78. The SMILES string of the molecule is Cc1ccc(-n2c(C)cc(C(=O)OC(C)C(N)=O)c2C)cc1. The number of nitrogens with zero attached hydrogens (tertiary/aromatic N) is 1. The third-order valence-corrected chi connectivity index (χ3v) is 3.63. The van der Waals surface area contributed by atoms with Gasteiger partial charge in [0, 0.05) is 17.1 Å². The van der Waals surface area contributed by atoms with Crippen LogP contribution in [0.2, 0.25) is 0 Å². The second-order valence-electron chi connectivity index (χ2n) is 5.41. The third-order valence-electron chi connectivity index (χ3n) is 3.63. The minimum atomic E-state index is -0.949. The molecular weight excluding hydrogens is 280 g/mol. The van der Waals surface area contributed by atoms with Crippen molar-refractivity contribution in [3.8, 4) is 5.69 Å². The van der Waals surface area contributed by atoms with Crippen molar-refractivity contribution in [3.63, 3.8) is 0 Å². The van der Waals surface area contributed by atoms with Gasteiger partial charge in [-0.1, -0.05) is 17.7 Å². The molecule has 0 aliphatic carbocycles. The highest BCUT2D eigenvalue weighted by Crippen LogP contribution is 2.22. The molecule has 0 saturated carbocycles. The number of amides is 1. The maximum atomic E-state index is 12.2. The number of carbonyl (C=O) groups is 2. The highest BCUT2D eigenvalue weighted by molar-refractivity contribution is 5.93. The number of primary amides is 1. The number of carbonyl (C=O) groups excluding carboxylic acids is 2. The fourth-order valence-electron chi connectivity index (χ4n) is 2.34. The summed E-state index contributed by atoms with van der Waals surface area (Å²) in [5, 5.41) is 0. The van der Waals surface area contributed by atoms with Crippen molar-refractivity contribution >= 4 is 11.9 Å². The van der Waals surface area contributed by atoms with E-state index in [0.717, 1.165) is 17.1 Å². The van der Waals surface area contributed by atoms with E-state index in [1.807, 2.05) is 49.6 Å². The quantitative estimate of drug-likeness (QED) is 0.881. The first-order chi connectivity index (χ1) is 10.3. The summed E-state index contributed by atoms with van der Waals surface area (Å²) in [5.74, 6) is -1.21. The maximum Gasteiger partial charge on any atom is 0.340 e. The van der Waals surface area contributed by atoms with Gasteiger partial charge in [0.25, 0.3) is 5.91 Å². The highest BCUT2D eigenvalue weighted by Gasteiger charge is 2.21. The van der Waals surface area contributed by atoms with E-state index in [0.29, 0.717) is 5.56 Å². The number of benzene rings is 1. The van der Waals surface area contributed by atoms with Gasteiger partial charge in [-0.2, -0.15) is 0 Å². The molecule has 2 aromatic rings. The van der Waals surface area contributed by atoms with Gasteiger partial charge in [-0.3, -0.25) is 4.79 Å². The molecule has 1 aromatic heterocycles. The first-order valence-corrected chi connectivity index (χ1v) is 7.07. The van der Waals surface area contributed by atoms with E-state index in [-0.39, 0.29) is 0 Å². The van der Waals surface area contributed by atoms with Crippen molar-refractivity contribution in [2.24, 2.45) is 5.73 Å². The normalized spacial score (nSPS) is 12.0. The van der Waals surface area contributed by atoms with Crippen molar-refractivity contribution < 1.29 is 14.3 Å². The van der Waals surface area contributed by atoms with Crippen molar-refractivity contribution in [2.45, 2.75) is 33.8 Å². The van der Waals surface area contributed by atoms with Crippen LogP contribution in [0.1, 0.15) is 34.2 Å². The zero-order chi connectivity index (χ0) is 16.4. The molecule has 0 fully saturated rings. The van der Waals surface area contributed by atoms with E-state index in [4.69, 9.17) is 10.5 Å². The minimum absolute atomic E-state index is 0.436. The molecule has 0 radical (unpaired) electrons. The van der Waals surface area contributed by atoms with E-state index in [1.54, 1.807) is 6.07 Å². The molecule has 2 rings (SSSR count). The number of nitrogens with two attached hydrogens (primary N) is 1. The highest BCUT2D eigenvalue weighted by atomic mass is 16.5. The second kappa shape index (κ2) is 6.05. The monoisotopic (exact) mass is 300 g/mol. The van der Waals surface area contributed by atoms with E-state index in [1.165, 1.54) is 12.5 Å². The summed E-state index contributed by atoms with van der Waals surface area (Å²) < 4.78 is 7.05. The van der Waals surface area contributed by atoms with Crippen LogP contribution >= 0.6 is 0 Å². The molecule has 5 nitrogen and oxygen atoms in total. The van der Waals surface area contributed by atoms with Crippen molar-refractivity contribution in [3.05, 3.63) is 52.8 Å². The molecule has 2 N–H and O–H groups in total. The summed E-state index contributed by atoms with van der Waals surface area (Å²) in [7, 11) is 0. The summed E-state index contributed by atoms with van der Waals surface area (Å²) in [4.78, 5) is 23.2. The fourth-order valence-corrected chi connectivity index (χ4v) is 2.34. The predicted octanol–water partition coefficient (Wildman–Crippen LogP) is 2.43. The van der Waals surface area contributed by atoms with Gasteiger partial charge in [-0.15, -0.1) is 0 Å². The number of rotatable bonds is 4. The molecule has 1 aromatic carbocycles. The molecule has 0 saturated heterocycles. The van der Waals surface area contributed by atoms with E-state index < -0.39 is 18.0 Å². The Bertz CT molecular complexity index is 714. The van der Waals surface area contributed by atoms with Gasteiger partial charge >= 0.3 is 5.97 Å². The average molecular weight is 300 g/mol. The molecule has 116 valence electrons. The summed E-state index contributed by atoms with van der Waals surface area (Å²) in [5.41, 5.74) is 9.38. The van der Waals surface area contributed by atoms with E-state index in [9.17, 15) is 9.59 Å². The lowest BCUT2D eigenvalue weighted by atomic mass is 10.2. The molecule has 1 unspecified atom stereocenters. The van der Waals surface area contributed by atoms with Gasteiger partial charge in [-0.25, -0.2) is 4.79 Å². The lowest BCUT2D eigenvalue weighted by molar-refractivity contribution is -0.125. The Morgan fingerprint density at radius 3 is 2.27 bits per heavy atom.